The van der Waals surface area contributed by atoms with Crippen LogP contribution in [0.1, 0.15) is 46.1 Å². The molecule has 0 radical (unpaired) electrons. The van der Waals surface area contributed by atoms with E-state index in [1.165, 1.54) is 35.5 Å². The molecule has 2 bridgehead atoms. The normalized spacial score (nSPS) is 27.5. The zero-order chi connectivity index (χ0) is 28.9. The van der Waals surface area contributed by atoms with Crippen LogP contribution < -0.4 is 16.2 Å². The monoisotopic (exact) mass is 562 g/mol. The molecule has 1 saturated heterocycles. The number of aliphatic imine (C=N–C) groups is 1. The number of benzene rings is 2. The summed E-state index contributed by atoms with van der Waals surface area (Å²) in [5, 5.41) is 7.03. The van der Waals surface area contributed by atoms with Crippen LogP contribution in [0.25, 0.3) is 10.9 Å². The third kappa shape index (κ3) is 5.36. The van der Waals surface area contributed by atoms with Crippen molar-refractivity contribution >= 4 is 22.5 Å². The van der Waals surface area contributed by atoms with Crippen molar-refractivity contribution in [2.24, 2.45) is 28.2 Å². The van der Waals surface area contributed by atoms with Crippen LogP contribution >= 0.6 is 0 Å². The minimum Gasteiger partial charge on any atom is -0.340 e. The molecule has 5 atom stereocenters. The summed E-state index contributed by atoms with van der Waals surface area (Å²) < 4.78 is 30.3. The quantitative estimate of drug-likeness (QED) is 0.336. The standard InChI is InChI=1S/C32H40F2N6O/c1-19-17-39(12-10-35-19)31(37-27-14-22-13-25(20(27)2)32(22,3)4)38-29-16-28-24(15-26(29)34)30(41)40(18-36-28)11-9-21-5-7-23(33)8-6-21/h5-8,15-16,18-20,22,25,27,35H,9-14,17H2,1-4H3,(H,37,38)/t19-,20-,22+,25-,27-/m0/s1. The number of guanidine groups is 1. The Morgan fingerprint density at radius 1 is 1.17 bits per heavy atom. The SMILES string of the molecule is C[C@@H]1[C@@H](/N=C(/Nc2cc3ncn(CCc4ccc(F)cc4)c(=O)c3cc2F)N2CCN[C@@H](C)C2)C[C@H]2C[C@@H]1C2(C)C. The molecule has 7 nitrogen and oxygen atoms in total. The molecular formula is C32H40F2N6O. The number of fused-ring (bicyclic) bond motifs is 3. The van der Waals surface area contributed by atoms with Crippen molar-refractivity contribution in [1.29, 1.82) is 0 Å². The molecule has 7 rings (SSSR count). The number of hydrogen-bond donors (Lipinski definition) is 2. The van der Waals surface area contributed by atoms with E-state index in [1.54, 1.807) is 18.2 Å². The summed E-state index contributed by atoms with van der Waals surface area (Å²) in [6, 6.07) is 9.57. The average molecular weight is 563 g/mol. The first-order valence-electron chi connectivity index (χ1n) is 14.9. The predicted molar refractivity (Wildman–Crippen MR) is 159 cm³/mol. The Hall–Kier alpha value is -3.33. The number of aryl methyl sites for hydroxylation is 2. The number of nitrogens with zero attached hydrogens (tertiary/aromatic N) is 4. The fourth-order valence-corrected chi connectivity index (χ4v) is 7.22. The van der Waals surface area contributed by atoms with Gasteiger partial charge in [0.15, 0.2) is 5.96 Å². The van der Waals surface area contributed by atoms with Crippen molar-refractivity contribution < 1.29 is 8.78 Å². The Balaban J connectivity index is 1.27. The molecule has 9 heteroatoms. The molecule has 218 valence electrons. The summed E-state index contributed by atoms with van der Waals surface area (Å²) in [5.74, 6) is 1.68. The molecule has 2 N–H and O–H groups in total. The number of rotatable bonds is 5. The highest BCUT2D eigenvalue weighted by molar-refractivity contribution is 5.96. The molecule has 3 saturated carbocycles. The van der Waals surface area contributed by atoms with E-state index in [9.17, 15) is 9.18 Å². The summed E-state index contributed by atoms with van der Waals surface area (Å²) in [4.78, 5) is 25.2. The molecule has 0 unspecified atom stereocenters. The maximum absolute atomic E-state index is 15.6. The van der Waals surface area contributed by atoms with Gasteiger partial charge in [0.05, 0.1) is 29.0 Å². The van der Waals surface area contributed by atoms with Crippen molar-refractivity contribution in [2.45, 2.75) is 65.6 Å². The fourth-order valence-electron chi connectivity index (χ4n) is 7.22. The van der Waals surface area contributed by atoms with Gasteiger partial charge < -0.3 is 15.5 Å². The second-order valence-electron chi connectivity index (χ2n) is 12.9. The van der Waals surface area contributed by atoms with Crippen LogP contribution in [0.4, 0.5) is 14.5 Å². The van der Waals surface area contributed by atoms with Gasteiger partial charge in [-0.3, -0.25) is 9.36 Å². The van der Waals surface area contributed by atoms with Crippen molar-refractivity contribution in [3.05, 3.63) is 70.3 Å². The number of piperazine rings is 1. The predicted octanol–water partition coefficient (Wildman–Crippen LogP) is 5.05. The molecule has 1 aromatic heterocycles. The van der Waals surface area contributed by atoms with Gasteiger partial charge in [-0.1, -0.05) is 32.9 Å². The molecular weight excluding hydrogens is 522 g/mol. The van der Waals surface area contributed by atoms with Gasteiger partial charge in [0, 0.05) is 32.2 Å². The van der Waals surface area contributed by atoms with Gasteiger partial charge in [-0.05, 0) is 79.2 Å². The van der Waals surface area contributed by atoms with E-state index in [0.29, 0.717) is 53.7 Å². The zero-order valence-electron chi connectivity index (χ0n) is 24.3. The van der Waals surface area contributed by atoms with E-state index in [0.717, 1.165) is 31.6 Å². The molecule has 4 aliphatic rings. The second-order valence-corrected chi connectivity index (χ2v) is 12.9. The Morgan fingerprint density at radius 3 is 2.66 bits per heavy atom. The Morgan fingerprint density at radius 2 is 1.95 bits per heavy atom. The average Bonchev–Trinajstić information content (AvgIpc) is 2.94. The molecule has 2 aromatic carbocycles. The lowest BCUT2D eigenvalue weighted by Crippen LogP contribution is -2.57. The van der Waals surface area contributed by atoms with Crippen LogP contribution in [0.3, 0.4) is 0 Å². The first-order valence-corrected chi connectivity index (χ1v) is 14.9. The van der Waals surface area contributed by atoms with Gasteiger partial charge in [-0.25, -0.2) is 18.8 Å². The number of hydrogen-bond acceptors (Lipinski definition) is 4. The van der Waals surface area contributed by atoms with Gasteiger partial charge >= 0.3 is 0 Å². The number of nitrogens with one attached hydrogen (secondary N) is 2. The summed E-state index contributed by atoms with van der Waals surface area (Å²) in [5.41, 5.74) is 1.67. The lowest BCUT2D eigenvalue weighted by molar-refractivity contribution is -0.108. The van der Waals surface area contributed by atoms with Gasteiger partial charge in [-0.2, -0.15) is 0 Å². The van der Waals surface area contributed by atoms with E-state index in [2.05, 4.69) is 48.2 Å². The Bertz CT molecular complexity index is 1520. The maximum Gasteiger partial charge on any atom is 0.261 e. The topological polar surface area (TPSA) is 74.5 Å². The van der Waals surface area contributed by atoms with E-state index >= 15 is 4.39 Å². The Labute approximate surface area is 240 Å². The smallest absolute Gasteiger partial charge is 0.261 e. The Kier molecular flexibility index (Phi) is 7.34. The van der Waals surface area contributed by atoms with Crippen LogP contribution in [-0.4, -0.2) is 52.1 Å². The van der Waals surface area contributed by atoms with Crippen LogP contribution in [0.2, 0.25) is 0 Å². The van der Waals surface area contributed by atoms with Crippen LogP contribution in [0, 0.1) is 34.8 Å². The number of anilines is 1. The van der Waals surface area contributed by atoms with Crippen molar-refractivity contribution in [2.75, 3.05) is 25.0 Å². The third-order valence-electron chi connectivity index (χ3n) is 9.98. The fraction of sp³-hybridized carbons (Fsp3) is 0.531. The summed E-state index contributed by atoms with van der Waals surface area (Å²) in [6.07, 6.45) is 4.37. The second kappa shape index (κ2) is 10.8. The molecule has 3 aliphatic carbocycles. The van der Waals surface area contributed by atoms with E-state index < -0.39 is 5.82 Å². The summed E-state index contributed by atoms with van der Waals surface area (Å²) in [6.45, 7) is 12.0. The van der Waals surface area contributed by atoms with Crippen molar-refractivity contribution in [3.8, 4) is 0 Å². The van der Waals surface area contributed by atoms with Crippen LogP contribution in [0.5, 0.6) is 0 Å². The highest BCUT2D eigenvalue weighted by atomic mass is 19.1. The van der Waals surface area contributed by atoms with E-state index in [1.807, 2.05) is 0 Å². The van der Waals surface area contributed by atoms with Gasteiger partial charge in [0.1, 0.15) is 11.6 Å². The largest absolute Gasteiger partial charge is 0.340 e. The van der Waals surface area contributed by atoms with E-state index in [-0.39, 0.29) is 28.5 Å². The summed E-state index contributed by atoms with van der Waals surface area (Å²) >= 11 is 0. The molecule has 4 fully saturated rings. The number of halogens is 2. The first-order chi connectivity index (χ1) is 19.6. The van der Waals surface area contributed by atoms with Crippen LogP contribution in [-0.2, 0) is 13.0 Å². The minimum absolute atomic E-state index is 0.189. The van der Waals surface area contributed by atoms with Crippen molar-refractivity contribution in [3.63, 3.8) is 0 Å². The zero-order valence-corrected chi connectivity index (χ0v) is 24.3. The van der Waals surface area contributed by atoms with Gasteiger partial charge in [0.2, 0.25) is 0 Å². The van der Waals surface area contributed by atoms with Gasteiger partial charge in [0.25, 0.3) is 5.56 Å². The molecule has 0 spiro atoms. The first kappa shape index (κ1) is 27.8. The third-order valence-corrected chi connectivity index (χ3v) is 9.98. The summed E-state index contributed by atoms with van der Waals surface area (Å²) in [7, 11) is 0. The highest BCUT2D eigenvalue weighted by Gasteiger charge is 2.56. The lowest BCUT2D eigenvalue weighted by Gasteiger charge is -2.61. The van der Waals surface area contributed by atoms with Crippen molar-refractivity contribution in [1.82, 2.24) is 19.8 Å². The highest BCUT2D eigenvalue weighted by Crippen LogP contribution is 2.61. The molecule has 1 aliphatic heterocycles. The lowest BCUT2D eigenvalue weighted by atomic mass is 9.45. The molecule has 41 heavy (non-hydrogen) atoms. The number of aromatic nitrogens is 2. The van der Waals surface area contributed by atoms with Gasteiger partial charge in [-0.15, -0.1) is 0 Å². The van der Waals surface area contributed by atoms with Crippen LogP contribution in [0.15, 0.2) is 52.5 Å². The van der Waals surface area contributed by atoms with E-state index in [4.69, 9.17) is 4.99 Å². The maximum atomic E-state index is 15.6. The molecule has 2 heterocycles. The minimum atomic E-state index is -0.510. The molecule has 0 amide bonds. The molecule has 3 aromatic rings.